The van der Waals surface area contributed by atoms with Crippen molar-refractivity contribution in [2.24, 2.45) is 0 Å². The predicted octanol–water partition coefficient (Wildman–Crippen LogP) is 3.44. The number of benzene rings is 1. The van der Waals surface area contributed by atoms with Crippen LogP contribution in [0.4, 0.5) is 23.2 Å². The molecule has 0 spiro atoms. The lowest BCUT2D eigenvalue weighted by molar-refractivity contribution is -0.137. The van der Waals surface area contributed by atoms with E-state index >= 15 is 0 Å². The van der Waals surface area contributed by atoms with Crippen molar-refractivity contribution in [3.8, 4) is 0 Å². The van der Waals surface area contributed by atoms with Crippen LogP contribution >= 0.6 is 0 Å². The van der Waals surface area contributed by atoms with Gasteiger partial charge >= 0.3 is 6.18 Å². The second-order valence-corrected chi connectivity index (χ2v) is 4.25. The van der Waals surface area contributed by atoms with Gasteiger partial charge in [-0.05, 0) is 31.0 Å². The number of nitrogens with one attached hydrogen (secondary N) is 1. The molecule has 0 aliphatic carbocycles. The number of alkyl halides is 3. The van der Waals surface area contributed by atoms with Gasteiger partial charge in [0.05, 0.1) is 17.9 Å². The highest BCUT2D eigenvalue weighted by Crippen LogP contribution is 2.32. The molecular formula is C12H13F4NO. The summed E-state index contributed by atoms with van der Waals surface area (Å²) >= 11 is 0. The van der Waals surface area contributed by atoms with Crippen molar-refractivity contribution in [3.63, 3.8) is 0 Å². The van der Waals surface area contributed by atoms with Crippen LogP contribution in [-0.2, 0) is 10.9 Å². The van der Waals surface area contributed by atoms with Crippen LogP contribution in [0.15, 0.2) is 18.2 Å². The molecular weight excluding hydrogens is 250 g/mol. The van der Waals surface area contributed by atoms with E-state index in [4.69, 9.17) is 4.74 Å². The average molecular weight is 263 g/mol. The smallest absolute Gasteiger partial charge is 0.379 e. The monoisotopic (exact) mass is 263 g/mol. The van der Waals surface area contributed by atoms with Crippen molar-refractivity contribution in [2.75, 3.05) is 18.5 Å². The van der Waals surface area contributed by atoms with Gasteiger partial charge in [-0.15, -0.1) is 0 Å². The molecule has 1 aromatic carbocycles. The molecule has 2 rings (SSSR count). The molecule has 1 heterocycles. The van der Waals surface area contributed by atoms with Crippen molar-refractivity contribution in [1.82, 2.24) is 0 Å². The molecule has 1 aromatic rings. The van der Waals surface area contributed by atoms with Gasteiger partial charge in [0.1, 0.15) is 5.82 Å². The number of halogens is 4. The van der Waals surface area contributed by atoms with E-state index in [2.05, 4.69) is 5.32 Å². The zero-order chi connectivity index (χ0) is 13.2. The first-order valence-electron chi connectivity index (χ1n) is 5.68. The van der Waals surface area contributed by atoms with Crippen molar-refractivity contribution in [1.29, 1.82) is 0 Å². The summed E-state index contributed by atoms with van der Waals surface area (Å²) in [4.78, 5) is 0. The van der Waals surface area contributed by atoms with E-state index in [1.165, 1.54) is 0 Å². The number of anilines is 1. The van der Waals surface area contributed by atoms with E-state index < -0.39 is 17.6 Å². The summed E-state index contributed by atoms with van der Waals surface area (Å²) in [7, 11) is 0. The van der Waals surface area contributed by atoms with Gasteiger partial charge in [-0.3, -0.25) is 0 Å². The van der Waals surface area contributed by atoms with Crippen LogP contribution in [0.2, 0.25) is 0 Å². The first-order chi connectivity index (χ1) is 8.47. The lowest BCUT2D eigenvalue weighted by atomic mass is 10.1. The van der Waals surface area contributed by atoms with Crippen molar-refractivity contribution >= 4 is 5.69 Å². The van der Waals surface area contributed by atoms with E-state index in [1.807, 2.05) is 0 Å². The van der Waals surface area contributed by atoms with Crippen LogP contribution in [0, 0.1) is 5.82 Å². The number of hydrogen-bond donors (Lipinski definition) is 1. The summed E-state index contributed by atoms with van der Waals surface area (Å²) in [5, 5.41) is 2.76. The number of hydrogen-bond acceptors (Lipinski definition) is 2. The van der Waals surface area contributed by atoms with Gasteiger partial charge in [-0.2, -0.15) is 13.2 Å². The van der Waals surface area contributed by atoms with Crippen LogP contribution in [0.1, 0.15) is 18.4 Å². The van der Waals surface area contributed by atoms with E-state index in [0.29, 0.717) is 13.2 Å². The van der Waals surface area contributed by atoms with Gasteiger partial charge in [0.25, 0.3) is 0 Å². The molecule has 0 saturated carbocycles. The molecule has 2 nitrogen and oxygen atoms in total. The third kappa shape index (κ3) is 3.13. The Balaban J connectivity index is 2.15. The normalized spacial score (nSPS) is 20.8. The maximum absolute atomic E-state index is 13.4. The summed E-state index contributed by atoms with van der Waals surface area (Å²) < 4.78 is 56.1. The molecule has 0 amide bonds. The fourth-order valence-electron chi connectivity index (χ4n) is 1.89. The maximum Gasteiger partial charge on any atom is 0.416 e. The van der Waals surface area contributed by atoms with Crippen LogP contribution in [-0.4, -0.2) is 19.3 Å². The lowest BCUT2D eigenvalue weighted by Crippen LogP contribution is -2.30. The quantitative estimate of drug-likeness (QED) is 0.825. The standard InChI is InChI=1S/C12H13F4NO/c13-10-4-3-8(12(14,15)16)6-11(10)17-9-2-1-5-18-7-9/h3-4,6,9,17H,1-2,5,7H2. The van der Waals surface area contributed by atoms with E-state index in [9.17, 15) is 17.6 Å². The molecule has 1 fully saturated rings. The molecule has 0 radical (unpaired) electrons. The average Bonchev–Trinajstić information content (AvgIpc) is 2.32. The summed E-state index contributed by atoms with van der Waals surface area (Å²) in [6.45, 7) is 1.03. The predicted molar refractivity (Wildman–Crippen MR) is 58.9 cm³/mol. The molecule has 0 aromatic heterocycles. The molecule has 1 aliphatic rings. The minimum atomic E-state index is -4.47. The topological polar surface area (TPSA) is 21.3 Å². The largest absolute Gasteiger partial charge is 0.416 e. The van der Waals surface area contributed by atoms with Gasteiger partial charge in [-0.25, -0.2) is 4.39 Å². The minimum Gasteiger partial charge on any atom is -0.379 e. The Morgan fingerprint density at radius 2 is 2.06 bits per heavy atom. The molecule has 1 N–H and O–H groups in total. The zero-order valence-electron chi connectivity index (χ0n) is 9.56. The summed E-state index contributed by atoms with van der Waals surface area (Å²) in [5.74, 6) is -0.687. The summed E-state index contributed by atoms with van der Waals surface area (Å²) in [6.07, 6.45) is -2.89. The summed E-state index contributed by atoms with van der Waals surface area (Å²) in [5.41, 5.74) is -0.983. The Morgan fingerprint density at radius 1 is 1.28 bits per heavy atom. The van der Waals surface area contributed by atoms with Crippen LogP contribution in [0.5, 0.6) is 0 Å². The molecule has 100 valence electrons. The van der Waals surface area contributed by atoms with Crippen molar-refractivity contribution in [3.05, 3.63) is 29.6 Å². The van der Waals surface area contributed by atoms with E-state index in [-0.39, 0.29) is 11.7 Å². The van der Waals surface area contributed by atoms with Crippen molar-refractivity contribution < 1.29 is 22.3 Å². The minimum absolute atomic E-state index is 0.125. The fourth-order valence-corrected chi connectivity index (χ4v) is 1.89. The van der Waals surface area contributed by atoms with Crippen LogP contribution in [0.3, 0.4) is 0 Å². The van der Waals surface area contributed by atoms with Gasteiger partial charge < -0.3 is 10.1 Å². The van der Waals surface area contributed by atoms with E-state index in [0.717, 1.165) is 31.0 Å². The second kappa shape index (κ2) is 5.14. The van der Waals surface area contributed by atoms with Gasteiger partial charge in [0.15, 0.2) is 0 Å². The first kappa shape index (κ1) is 13.1. The maximum atomic E-state index is 13.4. The third-order valence-corrected chi connectivity index (χ3v) is 2.81. The van der Waals surface area contributed by atoms with Gasteiger partial charge in [0.2, 0.25) is 0 Å². The Hall–Kier alpha value is -1.30. The van der Waals surface area contributed by atoms with Crippen LogP contribution < -0.4 is 5.32 Å². The van der Waals surface area contributed by atoms with Crippen LogP contribution in [0.25, 0.3) is 0 Å². The highest BCUT2D eigenvalue weighted by molar-refractivity contribution is 5.48. The Labute approximate surface area is 102 Å². The SMILES string of the molecule is Fc1ccc(C(F)(F)F)cc1NC1CCCOC1. The highest BCUT2D eigenvalue weighted by Gasteiger charge is 2.31. The zero-order valence-corrected chi connectivity index (χ0v) is 9.56. The van der Waals surface area contributed by atoms with Gasteiger partial charge in [0, 0.05) is 12.6 Å². The lowest BCUT2D eigenvalue weighted by Gasteiger charge is -2.24. The molecule has 18 heavy (non-hydrogen) atoms. The van der Waals surface area contributed by atoms with Gasteiger partial charge in [-0.1, -0.05) is 0 Å². The fraction of sp³-hybridized carbons (Fsp3) is 0.500. The second-order valence-electron chi connectivity index (χ2n) is 4.25. The van der Waals surface area contributed by atoms with E-state index in [1.54, 1.807) is 0 Å². The highest BCUT2D eigenvalue weighted by atomic mass is 19.4. The Morgan fingerprint density at radius 3 is 2.67 bits per heavy atom. The summed E-state index contributed by atoms with van der Waals surface area (Å²) in [6, 6.07) is 2.22. The van der Waals surface area contributed by atoms with Crippen molar-refractivity contribution in [2.45, 2.75) is 25.1 Å². The first-order valence-corrected chi connectivity index (χ1v) is 5.68. The Bertz CT molecular complexity index is 413. The molecule has 1 aliphatic heterocycles. The molecule has 1 saturated heterocycles. The molecule has 1 unspecified atom stereocenters. The number of rotatable bonds is 2. The molecule has 1 atom stereocenters. The molecule has 0 bridgehead atoms. The molecule has 6 heteroatoms. The third-order valence-electron chi connectivity index (χ3n) is 2.81. The Kier molecular flexibility index (Phi) is 3.75. The number of ether oxygens (including phenoxy) is 1.